The van der Waals surface area contributed by atoms with Crippen LogP contribution < -0.4 is 9.64 Å². The Labute approximate surface area is 190 Å². The summed E-state index contributed by atoms with van der Waals surface area (Å²) >= 11 is 0. The first-order valence-electron chi connectivity index (χ1n) is 10.6. The zero-order valence-corrected chi connectivity index (χ0v) is 18.6. The van der Waals surface area contributed by atoms with Crippen molar-refractivity contribution >= 4 is 11.6 Å². The molecule has 2 aromatic carbocycles. The Kier molecular flexibility index (Phi) is 5.16. The number of carbonyl (C=O) groups excluding carboxylic acids is 1. The number of benzene rings is 2. The minimum Gasteiger partial charge on any atom is -0.495 e. The summed E-state index contributed by atoms with van der Waals surface area (Å²) in [5.41, 5.74) is 4.75. The van der Waals surface area contributed by atoms with Gasteiger partial charge in [0, 0.05) is 24.5 Å². The second kappa shape index (κ2) is 8.16. The van der Waals surface area contributed by atoms with Gasteiger partial charge in [0.05, 0.1) is 31.0 Å². The number of halogens is 1. The highest BCUT2D eigenvalue weighted by Crippen LogP contribution is 2.33. The number of hydrogen-bond acceptors (Lipinski definition) is 5. The molecular weight excluding hydrogens is 423 g/mol. The molecule has 1 aliphatic heterocycles. The van der Waals surface area contributed by atoms with E-state index in [9.17, 15) is 9.18 Å². The molecule has 4 aromatic rings. The topological polar surface area (TPSA) is 78.1 Å². The molecule has 0 spiro atoms. The molecule has 1 atom stereocenters. The number of rotatable bonds is 4. The maximum absolute atomic E-state index is 13.7. The number of ether oxygens (including phenoxy) is 1. The van der Waals surface area contributed by atoms with Gasteiger partial charge < -0.3 is 14.2 Å². The molecule has 8 nitrogen and oxygen atoms in total. The van der Waals surface area contributed by atoms with E-state index in [0.717, 1.165) is 28.2 Å². The first-order valence-corrected chi connectivity index (χ1v) is 10.6. The van der Waals surface area contributed by atoms with Gasteiger partial charge in [-0.3, -0.25) is 4.79 Å². The Morgan fingerprint density at radius 1 is 1.12 bits per heavy atom. The smallest absolute Gasteiger partial charge is 0.251 e. The van der Waals surface area contributed by atoms with E-state index in [0.29, 0.717) is 24.3 Å². The van der Waals surface area contributed by atoms with Gasteiger partial charge in [-0.25, -0.2) is 14.1 Å². The van der Waals surface area contributed by atoms with Gasteiger partial charge in [-0.1, -0.05) is 11.3 Å². The highest BCUT2D eigenvalue weighted by atomic mass is 19.1. The van der Waals surface area contributed by atoms with Crippen LogP contribution in [0.3, 0.4) is 0 Å². The average Bonchev–Trinajstić information content (AvgIpc) is 3.45. The summed E-state index contributed by atoms with van der Waals surface area (Å²) in [7, 11) is 3.32. The molecule has 0 bridgehead atoms. The third-order valence-corrected chi connectivity index (χ3v) is 6.00. The van der Waals surface area contributed by atoms with Crippen LogP contribution in [0.15, 0.2) is 55.1 Å². The van der Waals surface area contributed by atoms with E-state index in [-0.39, 0.29) is 11.7 Å². The van der Waals surface area contributed by atoms with E-state index < -0.39 is 6.04 Å². The molecule has 3 heterocycles. The van der Waals surface area contributed by atoms with Gasteiger partial charge in [0.2, 0.25) is 0 Å². The molecule has 1 amide bonds. The van der Waals surface area contributed by atoms with E-state index in [2.05, 4.69) is 15.3 Å². The van der Waals surface area contributed by atoms with Crippen molar-refractivity contribution in [1.82, 2.24) is 24.5 Å². The van der Waals surface area contributed by atoms with Crippen LogP contribution in [-0.2, 0) is 11.2 Å². The van der Waals surface area contributed by atoms with Crippen LogP contribution in [0.25, 0.3) is 16.9 Å². The van der Waals surface area contributed by atoms with Gasteiger partial charge in [-0.05, 0) is 55.7 Å². The lowest BCUT2D eigenvalue weighted by molar-refractivity contribution is -0.121. The number of aryl methyl sites for hydroxylation is 2. The van der Waals surface area contributed by atoms with Crippen LogP contribution in [-0.4, -0.2) is 44.6 Å². The number of imidazole rings is 1. The van der Waals surface area contributed by atoms with Crippen molar-refractivity contribution in [3.63, 3.8) is 0 Å². The quantitative estimate of drug-likeness (QED) is 0.477. The summed E-state index contributed by atoms with van der Waals surface area (Å²) in [6.07, 6.45) is 6.50. The lowest BCUT2D eigenvalue weighted by Gasteiger charge is -2.21. The Hall–Kier alpha value is -4.01. The summed E-state index contributed by atoms with van der Waals surface area (Å²) in [5, 5.41) is 8.56. The SMILES string of the molecule is COc1cc(-c2cn(C3CCc4cc(F)ccc4N(C)C3=O)nn2)ccc1-n1cnc(C)c1. The summed E-state index contributed by atoms with van der Waals surface area (Å²) in [6, 6.07) is 9.74. The molecule has 1 aliphatic rings. The van der Waals surface area contributed by atoms with E-state index >= 15 is 0 Å². The molecule has 9 heteroatoms. The molecule has 0 fully saturated rings. The fourth-order valence-corrected chi connectivity index (χ4v) is 4.25. The zero-order chi connectivity index (χ0) is 23.1. The van der Waals surface area contributed by atoms with Gasteiger partial charge >= 0.3 is 0 Å². The maximum atomic E-state index is 13.7. The van der Waals surface area contributed by atoms with Crippen molar-refractivity contribution in [1.29, 1.82) is 0 Å². The van der Waals surface area contributed by atoms with Gasteiger partial charge in [0.1, 0.15) is 23.3 Å². The maximum Gasteiger partial charge on any atom is 0.251 e. The Balaban J connectivity index is 1.44. The van der Waals surface area contributed by atoms with Crippen molar-refractivity contribution in [2.24, 2.45) is 0 Å². The highest BCUT2D eigenvalue weighted by Gasteiger charge is 2.30. The van der Waals surface area contributed by atoms with Crippen LogP contribution in [0.4, 0.5) is 10.1 Å². The lowest BCUT2D eigenvalue weighted by atomic mass is 10.1. The van der Waals surface area contributed by atoms with Crippen LogP contribution in [0.2, 0.25) is 0 Å². The summed E-state index contributed by atoms with van der Waals surface area (Å²) in [4.78, 5) is 19.0. The van der Waals surface area contributed by atoms with E-state index in [1.807, 2.05) is 35.9 Å². The Morgan fingerprint density at radius 3 is 2.70 bits per heavy atom. The van der Waals surface area contributed by atoms with Crippen molar-refractivity contribution in [3.05, 3.63) is 72.2 Å². The minimum absolute atomic E-state index is 0.111. The molecule has 0 N–H and O–H groups in total. The fourth-order valence-electron chi connectivity index (χ4n) is 4.25. The fraction of sp³-hybridized carbons (Fsp3) is 0.250. The molecule has 0 radical (unpaired) electrons. The van der Waals surface area contributed by atoms with Crippen LogP contribution in [0.5, 0.6) is 5.75 Å². The first kappa shape index (κ1) is 20.9. The number of fused-ring (bicyclic) bond motifs is 1. The molecular formula is C24H23FN6O2. The third-order valence-electron chi connectivity index (χ3n) is 6.00. The van der Waals surface area contributed by atoms with E-state index in [1.165, 1.54) is 12.1 Å². The summed E-state index contributed by atoms with van der Waals surface area (Å²) in [5.74, 6) is 0.252. The molecule has 33 heavy (non-hydrogen) atoms. The van der Waals surface area contributed by atoms with Gasteiger partial charge in [0.25, 0.3) is 5.91 Å². The van der Waals surface area contributed by atoms with Crippen LogP contribution in [0.1, 0.15) is 23.7 Å². The predicted octanol–water partition coefficient (Wildman–Crippen LogP) is 3.74. The molecule has 1 unspecified atom stereocenters. The second-order valence-electron chi connectivity index (χ2n) is 8.12. The molecule has 5 rings (SSSR count). The number of anilines is 1. The zero-order valence-electron chi connectivity index (χ0n) is 18.6. The van der Waals surface area contributed by atoms with Crippen molar-refractivity contribution in [2.45, 2.75) is 25.8 Å². The van der Waals surface area contributed by atoms with Gasteiger partial charge in [-0.15, -0.1) is 5.10 Å². The number of methoxy groups -OCH3 is 1. The normalized spacial score (nSPS) is 15.9. The van der Waals surface area contributed by atoms with Crippen molar-refractivity contribution in [2.75, 3.05) is 19.1 Å². The largest absolute Gasteiger partial charge is 0.495 e. The Morgan fingerprint density at radius 2 is 1.94 bits per heavy atom. The van der Waals surface area contributed by atoms with Crippen LogP contribution >= 0.6 is 0 Å². The van der Waals surface area contributed by atoms with Gasteiger partial charge in [-0.2, -0.15) is 0 Å². The van der Waals surface area contributed by atoms with E-state index in [4.69, 9.17) is 4.74 Å². The second-order valence-corrected chi connectivity index (χ2v) is 8.12. The highest BCUT2D eigenvalue weighted by molar-refractivity contribution is 5.97. The average molecular weight is 446 g/mol. The summed E-state index contributed by atoms with van der Waals surface area (Å²) < 4.78 is 22.8. The molecule has 0 aliphatic carbocycles. The predicted molar refractivity (Wildman–Crippen MR) is 121 cm³/mol. The van der Waals surface area contributed by atoms with E-state index in [1.54, 1.807) is 42.3 Å². The molecule has 168 valence electrons. The third kappa shape index (κ3) is 3.75. The van der Waals surface area contributed by atoms with Crippen LogP contribution in [0, 0.1) is 12.7 Å². The number of nitrogens with zero attached hydrogens (tertiary/aromatic N) is 6. The van der Waals surface area contributed by atoms with Gasteiger partial charge in [0.15, 0.2) is 0 Å². The number of likely N-dealkylation sites (N-methyl/N-ethyl adjacent to an activating group) is 1. The molecule has 2 aromatic heterocycles. The monoisotopic (exact) mass is 446 g/mol. The molecule has 0 saturated heterocycles. The standard InChI is InChI=1S/C24H23FN6O2/c1-15-12-30(14-26-15)21-7-4-16(11-23(21)33-3)19-13-31(28-27-19)22-8-5-17-10-18(25)6-9-20(17)29(2)24(22)32/h4,6-7,9-14,22H,5,8H2,1-3H3. The number of amides is 1. The number of aromatic nitrogens is 5. The Bertz CT molecular complexity index is 1340. The summed E-state index contributed by atoms with van der Waals surface area (Å²) in [6.45, 7) is 1.93. The first-order chi connectivity index (χ1) is 15.9. The number of carbonyl (C=O) groups is 1. The van der Waals surface area contributed by atoms with Crippen molar-refractivity contribution < 1.29 is 13.9 Å². The minimum atomic E-state index is -0.526. The lowest BCUT2D eigenvalue weighted by Crippen LogP contribution is -2.33. The van der Waals surface area contributed by atoms with Crippen molar-refractivity contribution in [3.8, 4) is 22.7 Å². The number of hydrogen-bond donors (Lipinski definition) is 0. The molecule has 0 saturated carbocycles.